The number of unbranched alkanes of at least 4 members (excludes halogenated alkanes) is 18. The van der Waals surface area contributed by atoms with Gasteiger partial charge in [-0.25, -0.2) is 0 Å². The van der Waals surface area contributed by atoms with Gasteiger partial charge in [-0.15, -0.1) is 0 Å². The second-order valence-electron chi connectivity index (χ2n) is 15.5. The maximum atomic E-state index is 6.47. The lowest BCUT2D eigenvalue weighted by atomic mass is 9.81. The molecule has 0 amide bonds. The monoisotopic (exact) mass is 838 g/mol. The predicted octanol–water partition coefficient (Wildman–Crippen LogP) is 4.05. The molecule has 43 heavy (non-hydrogen) atoms. The van der Waals surface area contributed by atoms with E-state index in [1.807, 2.05) is 0 Å². The van der Waals surface area contributed by atoms with Gasteiger partial charge in [0.25, 0.3) is 0 Å². The van der Waals surface area contributed by atoms with E-state index in [1.54, 1.807) is 0 Å². The topological polar surface area (TPSA) is 18.5 Å². The number of hydrogen-bond acceptors (Lipinski definition) is 2. The highest BCUT2D eigenvalue weighted by atomic mass is 127. The summed E-state index contributed by atoms with van der Waals surface area (Å²) < 4.78 is 14.9. The molecule has 0 bridgehead atoms. The summed E-state index contributed by atoms with van der Waals surface area (Å²) in [6.45, 7) is 10.4. The van der Waals surface area contributed by atoms with Crippen LogP contribution in [0.15, 0.2) is 0 Å². The van der Waals surface area contributed by atoms with Crippen molar-refractivity contribution in [3.63, 3.8) is 0 Å². The summed E-state index contributed by atoms with van der Waals surface area (Å²) >= 11 is 0. The summed E-state index contributed by atoms with van der Waals surface area (Å²) in [4.78, 5) is 0. The number of hydrogen-bond donors (Lipinski definition) is 0. The minimum Gasteiger partial charge on any atom is -1.00 e. The third-order valence-electron chi connectivity index (χ3n) is 8.73. The van der Waals surface area contributed by atoms with Crippen molar-refractivity contribution in [2.24, 2.45) is 5.41 Å². The Bertz CT molecular complexity index is 502. The van der Waals surface area contributed by atoms with Crippen molar-refractivity contribution in [2.75, 3.05) is 81.8 Å². The van der Waals surface area contributed by atoms with Gasteiger partial charge in [-0.1, -0.05) is 129 Å². The van der Waals surface area contributed by atoms with Gasteiger partial charge in [0.15, 0.2) is 0 Å². The molecule has 0 radical (unpaired) electrons. The van der Waals surface area contributed by atoms with Crippen LogP contribution in [-0.2, 0) is 9.47 Å². The highest BCUT2D eigenvalue weighted by Crippen LogP contribution is 2.30. The van der Waals surface area contributed by atoms with Gasteiger partial charge in [-0.05, 0) is 12.8 Å². The molecule has 0 N–H and O–H groups in total. The second-order valence-corrected chi connectivity index (χ2v) is 15.5. The molecule has 4 nitrogen and oxygen atoms in total. The van der Waals surface area contributed by atoms with E-state index in [0.29, 0.717) is 0 Å². The Balaban J connectivity index is -0.00000800. The maximum Gasteiger partial charge on any atom is 0.0787 e. The largest absolute Gasteiger partial charge is 1.00 e. The van der Waals surface area contributed by atoms with Crippen molar-refractivity contribution in [1.29, 1.82) is 0 Å². The molecule has 0 aliphatic heterocycles. The van der Waals surface area contributed by atoms with Crippen LogP contribution in [0, 0.1) is 5.41 Å². The van der Waals surface area contributed by atoms with Crippen LogP contribution in [0.4, 0.5) is 0 Å². The SMILES string of the molecule is CCCCCCCCCCCCOCC(CC[N+](C)(C)C)(CC[N+](C)(C)C)COCCCCCCCCCCCC.[I-].[I-]. The molecule has 0 aliphatic carbocycles. The van der Waals surface area contributed by atoms with E-state index in [-0.39, 0.29) is 53.4 Å². The molecule has 0 saturated heterocycles. The lowest BCUT2D eigenvalue weighted by molar-refractivity contribution is -0.874. The minimum atomic E-state index is 0. The summed E-state index contributed by atoms with van der Waals surface area (Å²) in [7, 11) is 13.9. The first kappa shape index (κ1) is 48.7. The Kier molecular flexibility index (Phi) is 36.1. The van der Waals surface area contributed by atoms with Crippen molar-refractivity contribution in [3.05, 3.63) is 0 Å². The molecule has 0 saturated carbocycles. The molecule has 264 valence electrons. The molecule has 0 aliphatic rings. The quantitative estimate of drug-likeness (QED) is 0.0580. The van der Waals surface area contributed by atoms with Crippen LogP contribution < -0.4 is 48.0 Å². The standard InChI is InChI=1S/C37H80N2O2.2HI/c1-9-11-13-15-17-19-21-23-25-27-33-40-35-37(29-31-38(3,4)5,30-32-39(6,7)8)36-41-34-28-26-24-22-20-18-16-14-12-10-2;;/h9-36H2,1-8H3;2*1H/q+2;;/p-2. The van der Waals surface area contributed by atoms with Crippen molar-refractivity contribution in [2.45, 2.75) is 155 Å². The van der Waals surface area contributed by atoms with E-state index in [9.17, 15) is 0 Å². The zero-order valence-corrected chi connectivity index (χ0v) is 35.1. The van der Waals surface area contributed by atoms with E-state index in [0.717, 1.165) is 35.4 Å². The first-order valence-electron chi connectivity index (χ1n) is 18.3. The number of nitrogens with zero attached hydrogens (tertiary/aromatic N) is 2. The molecule has 0 aromatic carbocycles. The summed E-state index contributed by atoms with van der Waals surface area (Å²) in [5.74, 6) is 0. The summed E-state index contributed by atoms with van der Waals surface area (Å²) in [5, 5.41) is 0. The predicted molar refractivity (Wildman–Crippen MR) is 183 cm³/mol. The number of rotatable bonds is 32. The highest BCUT2D eigenvalue weighted by Gasteiger charge is 2.35. The van der Waals surface area contributed by atoms with Gasteiger partial charge in [0, 0.05) is 31.5 Å². The van der Waals surface area contributed by atoms with Crippen LogP contribution in [0.5, 0.6) is 0 Å². The average molecular weight is 839 g/mol. The summed E-state index contributed by atoms with van der Waals surface area (Å²) in [5.41, 5.74) is 0.119. The maximum absolute atomic E-state index is 6.47. The van der Waals surface area contributed by atoms with E-state index < -0.39 is 0 Å². The molecular weight excluding hydrogens is 758 g/mol. The molecular formula is C37H80I2N2O2. The fourth-order valence-corrected chi connectivity index (χ4v) is 5.56. The molecule has 0 spiro atoms. The van der Waals surface area contributed by atoms with E-state index >= 15 is 0 Å². The lowest BCUT2D eigenvalue weighted by Crippen LogP contribution is -3.00. The molecule has 0 aromatic rings. The van der Waals surface area contributed by atoms with Crippen molar-refractivity contribution >= 4 is 0 Å². The number of ether oxygens (including phenoxy) is 2. The Morgan fingerprint density at radius 3 is 0.907 bits per heavy atom. The number of quaternary nitrogens is 2. The summed E-state index contributed by atoms with van der Waals surface area (Å²) in [6.07, 6.45) is 29.8. The zero-order valence-electron chi connectivity index (χ0n) is 30.8. The van der Waals surface area contributed by atoms with E-state index in [4.69, 9.17) is 9.47 Å². The highest BCUT2D eigenvalue weighted by molar-refractivity contribution is 4.80. The van der Waals surface area contributed by atoms with Crippen LogP contribution in [0.3, 0.4) is 0 Å². The van der Waals surface area contributed by atoms with Crippen LogP contribution in [0.25, 0.3) is 0 Å². The Morgan fingerprint density at radius 2 is 0.651 bits per heavy atom. The van der Waals surface area contributed by atoms with Gasteiger partial charge >= 0.3 is 0 Å². The summed E-state index contributed by atoms with van der Waals surface area (Å²) in [6, 6.07) is 0. The van der Waals surface area contributed by atoms with Crippen molar-refractivity contribution in [3.8, 4) is 0 Å². The second kappa shape index (κ2) is 31.9. The Morgan fingerprint density at radius 1 is 0.395 bits per heavy atom. The van der Waals surface area contributed by atoms with Crippen molar-refractivity contribution < 1.29 is 66.4 Å². The molecule has 0 unspecified atom stereocenters. The van der Waals surface area contributed by atoms with E-state index in [2.05, 4.69) is 56.1 Å². The van der Waals surface area contributed by atoms with Crippen molar-refractivity contribution in [1.82, 2.24) is 0 Å². The molecule has 0 heterocycles. The third-order valence-corrected chi connectivity index (χ3v) is 8.73. The van der Waals surface area contributed by atoms with Gasteiger partial charge in [0.2, 0.25) is 0 Å². The molecule has 0 rings (SSSR count). The smallest absolute Gasteiger partial charge is 0.0787 e. The van der Waals surface area contributed by atoms with Gasteiger partial charge in [0.1, 0.15) is 0 Å². The van der Waals surface area contributed by atoms with Crippen LogP contribution in [0.1, 0.15) is 155 Å². The van der Waals surface area contributed by atoms with Crippen LogP contribution >= 0.6 is 0 Å². The fraction of sp³-hybridized carbons (Fsp3) is 1.00. The molecule has 0 atom stereocenters. The van der Waals surface area contributed by atoms with Crippen LogP contribution in [0.2, 0.25) is 0 Å². The number of halogens is 2. The molecule has 6 heteroatoms. The first-order valence-corrected chi connectivity index (χ1v) is 18.3. The zero-order chi connectivity index (χ0) is 30.7. The molecule has 0 aromatic heterocycles. The van der Waals surface area contributed by atoms with Gasteiger partial charge in [-0.3, -0.25) is 0 Å². The first-order chi connectivity index (χ1) is 19.5. The lowest BCUT2D eigenvalue weighted by Gasteiger charge is -2.38. The molecule has 0 fully saturated rings. The Labute approximate surface area is 306 Å². The normalized spacial score (nSPS) is 12.3. The minimum absolute atomic E-state index is 0. The van der Waals surface area contributed by atoms with E-state index in [1.165, 1.54) is 154 Å². The fourth-order valence-electron chi connectivity index (χ4n) is 5.56. The van der Waals surface area contributed by atoms with Gasteiger partial charge in [-0.2, -0.15) is 0 Å². The van der Waals surface area contributed by atoms with Crippen LogP contribution in [-0.4, -0.2) is 90.8 Å². The Hall–Kier alpha value is 1.30. The van der Waals surface area contributed by atoms with Gasteiger partial charge < -0.3 is 66.4 Å². The van der Waals surface area contributed by atoms with Gasteiger partial charge in [0.05, 0.1) is 68.6 Å². The average Bonchev–Trinajstić information content (AvgIpc) is 2.91. The third kappa shape index (κ3) is 36.0.